The largest absolute Gasteiger partial charge is 0.497 e. The van der Waals surface area contributed by atoms with Gasteiger partial charge in [-0.05, 0) is 42.5 Å². The molecule has 1 amide bonds. The van der Waals surface area contributed by atoms with E-state index >= 15 is 0 Å². The van der Waals surface area contributed by atoms with E-state index in [1.807, 2.05) is 24.3 Å². The Hall–Kier alpha value is -0.0700. The van der Waals surface area contributed by atoms with E-state index in [1.54, 1.807) is 7.11 Å². The van der Waals surface area contributed by atoms with Gasteiger partial charge in [-0.15, -0.1) is 0 Å². The quantitative estimate of drug-likeness (QED) is 0.558. The van der Waals surface area contributed by atoms with Gasteiger partial charge in [-0.25, -0.2) is 0 Å². The SMILES string of the molecule is COc1ccc(NC(=O)[C@@]23CC[C@@](C(Br)Br)([C@@H]2Br)C3(C)C)cc1. The first-order chi connectivity index (χ1) is 10.7. The van der Waals surface area contributed by atoms with Gasteiger partial charge < -0.3 is 10.1 Å². The summed E-state index contributed by atoms with van der Waals surface area (Å²) in [5, 5.41) is 3.10. The van der Waals surface area contributed by atoms with E-state index in [4.69, 9.17) is 4.74 Å². The molecule has 3 nitrogen and oxygen atoms in total. The van der Waals surface area contributed by atoms with Crippen LogP contribution in [-0.4, -0.2) is 21.6 Å². The third-order valence-electron chi connectivity index (χ3n) is 6.24. The van der Waals surface area contributed by atoms with Crippen LogP contribution >= 0.6 is 47.8 Å². The van der Waals surface area contributed by atoms with Crippen LogP contribution in [0.5, 0.6) is 5.75 Å². The molecule has 0 spiro atoms. The lowest BCUT2D eigenvalue weighted by molar-refractivity contribution is -0.155. The maximum absolute atomic E-state index is 13.1. The van der Waals surface area contributed by atoms with Crippen molar-refractivity contribution >= 4 is 59.4 Å². The molecule has 1 aromatic carbocycles. The van der Waals surface area contributed by atoms with Crippen LogP contribution in [-0.2, 0) is 4.79 Å². The third-order valence-corrected chi connectivity index (χ3v) is 9.47. The standard InChI is InChI=1S/C17H20Br3NO2/c1-15(2)16(13(19)20)8-9-17(15,12(16)18)14(22)21-10-4-6-11(23-3)7-5-10/h4-7,12-13H,8-9H2,1-3H3,(H,21,22)/t12-,16-,17+/m0/s1. The highest BCUT2D eigenvalue weighted by molar-refractivity contribution is 9.24. The fraction of sp³-hybridized carbons (Fsp3) is 0.588. The highest BCUT2D eigenvalue weighted by atomic mass is 79.9. The zero-order chi connectivity index (χ0) is 17.0. The molecule has 0 heterocycles. The van der Waals surface area contributed by atoms with Gasteiger partial charge in [0.1, 0.15) is 5.75 Å². The highest BCUT2D eigenvalue weighted by Crippen LogP contribution is 2.82. The summed E-state index contributed by atoms with van der Waals surface area (Å²) >= 11 is 11.3. The lowest BCUT2D eigenvalue weighted by atomic mass is 9.43. The minimum absolute atomic E-state index is 0.0459. The first kappa shape index (κ1) is 17.7. The Kier molecular flexibility index (Phi) is 4.42. The number of halogens is 3. The molecule has 3 atom stereocenters. The van der Waals surface area contributed by atoms with Crippen molar-refractivity contribution in [1.29, 1.82) is 0 Å². The van der Waals surface area contributed by atoms with Crippen LogP contribution in [0, 0.1) is 16.2 Å². The molecule has 0 radical (unpaired) electrons. The topological polar surface area (TPSA) is 38.3 Å². The number of hydrogen-bond donors (Lipinski definition) is 1. The number of hydrogen-bond acceptors (Lipinski definition) is 2. The molecule has 3 saturated carbocycles. The van der Waals surface area contributed by atoms with Crippen molar-refractivity contribution < 1.29 is 9.53 Å². The normalized spacial score (nSPS) is 34.1. The second-order valence-corrected chi connectivity index (χ2v) is 11.0. The monoisotopic (exact) mass is 507 g/mol. The summed E-state index contributed by atoms with van der Waals surface area (Å²) in [6.07, 6.45) is 1.92. The summed E-state index contributed by atoms with van der Waals surface area (Å²) in [7, 11) is 1.63. The van der Waals surface area contributed by atoms with Crippen LogP contribution in [0.3, 0.4) is 0 Å². The summed E-state index contributed by atoms with van der Waals surface area (Å²) in [4.78, 5) is 13.3. The number of benzene rings is 1. The van der Waals surface area contributed by atoms with Gasteiger partial charge in [0.2, 0.25) is 5.91 Å². The van der Waals surface area contributed by atoms with E-state index in [2.05, 4.69) is 67.0 Å². The predicted molar refractivity (Wildman–Crippen MR) is 104 cm³/mol. The minimum atomic E-state index is -0.382. The molecule has 1 N–H and O–H groups in total. The van der Waals surface area contributed by atoms with Crippen molar-refractivity contribution in [3.8, 4) is 5.75 Å². The molecule has 0 aliphatic heterocycles. The summed E-state index contributed by atoms with van der Waals surface area (Å²) in [6, 6.07) is 7.47. The predicted octanol–water partition coefficient (Wildman–Crippen LogP) is 5.32. The zero-order valence-corrected chi connectivity index (χ0v) is 18.1. The summed E-state index contributed by atoms with van der Waals surface area (Å²) in [5.41, 5.74) is 0.374. The van der Waals surface area contributed by atoms with E-state index in [0.29, 0.717) is 0 Å². The maximum Gasteiger partial charge on any atom is 0.232 e. The number of rotatable bonds is 4. The number of carbonyl (C=O) groups is 1. The lowest BCUT2D eigenvalue weighted by Crippen LogP contribution is -2.71. The molecule has 0 aromatic heterocycles. The van der Waals surface area contributed by atoms with Crippen LogP contribution in [0.25, 0.3) is 0 Å². The average Bonchev–Trinajstić information content (AvgIpc) is 2.98. The van der Waals surface area contributed by atoms with E-state index in [9.17, 15) is 4.79 Å². The lowest BCUT2D eigenvalue weighted by Gasteiger charge is -2.66. The molecule has 2 bridgehead atoms. The van der Waals surface area contributed by atoms with Crippen LogP contribution in [0.4, 0.5) is 5.69 Å². The Morgan fingerprint density at radius 1 is 1.26 bits per heavy atom. The van der Waals surface area contributed by atoms with Gasteiger partial charge in [-0.1, -0.05) is 61.6 Å². The van der Waals surface area contributed by atoms with Crippen molar-refractivity contribution in [3.05, 3.63) is 24.3 Å². The van der Waals surface area contributed by atoms with E-state index in [-0.39, 0.29) is 30.7 Å². The molecule has 3 fully saturated rings. The number of nitrogens with one attached hydrogen (secondary N) is 1. The smallest absolute Gasteiger partial charge is 0.232 e. The van der Waals surface area contributed by atoms with Gasteiger partial charge >= 0.3 is 0 Å². The molecular weight excluding hydrogens is 490 g/mol. The Morgan fingerprint density at radius 2 is 1.87 bits per heavy atom. The summed E-state index contributed by atoms with van der Waals surface area (Å²) < 4.78 is 5.35. The number of amides is 1. The van der Waals surface area contributed by atoms with Crippen molar-refractivity contribution in [1.82, 2.24) is 0 Å². The molecule has 0 saturated heterocycles. The van der Waals surface area contributed by atoms with Crippen molar-refractivity contribution in [2.75, 3.05) is 12.4 Å². The zero-order valence-electron chi connectivity index (χ0n) is 13.3. The van der Waals surface area contributed by atoms with E-state index in [1.165, 1.54) is 0 Å². The van der Waals surface area contributed by atoms with E-state index in [0.717, 1.165) is 24.3 Å². The molecule has 1 aromatic rings. The molecule has 0 unspecified atom stereocenters. The fourth-order valence-electron chi connectivity index (χ4n) is 4.62. The third kappa shape index (κ3) is 2.07. The van der Waals surface area contributed by atoms with Gasteiger partial charge in [-0.3, -0.25) is 4.79 Å². The molecule has 23 heavy (non-hydrogen) atoms. The Labute approximate surface area is 162 Å². The maximum atomic E-state index is 13.1. The van der Waals surface area contributed by atoms with Crippen molar-refractivity contribution in [2.24, 2.45) is 16.2 Å². The molecular formula is C17H20Br3NO2. The number of anilines is 1. The molecule has 6 heteroatoms. The van der Waals surface area contributed by atoms with Crippen molar-refractivity contribution in [3.63, 3.8) is 0 Å². The second-order valence-electron chi connectivity index (χ2n) is 6.98. The van der Waals surface area contributed by atoms with Gasteiger partial charge in [-0.2, -0.15) is 0 Å². The average molecular weight is 510 g/mol. The van der Waals surface area contributed by atoms with Crippen LogP contribution in [0.15, 0.2) is 24.3 Å². The summed E-state index contributed by atoms with van der Waals surface area (Å²) in [5.74, 6) is 0.883. The number of ether oxygens (including phenoxy) is 1. The molecule has 4 rings (SSSR count). The first-order valence-electron chi connectivity index (χ1n) is 7.62. The van der Waals surface area contributed by atoms with Crippen LogP contribution in [0.1, 0.15) is 26.7 Å². The molecule has 3 aliphatic carbocycles. The second kappa shape index (κ2) is 5.73. The molecule has 126 valence electrons. The Balaban J connectivity index is 1.85. The van der Waals surface area contributed by atoms with Crippen molar-refractivity contribution in [2.45, 2.75) is 35.3 Å². The molecule has 3 aliphatic rings. The summed E-state index contributed by atoms with van der Waals surface area (Å²) in [6.45, 7) is 4.42. The van der Waals surface area contributed by atoms with Crippen LogP contribution in [0.2, 0.25) is 0 Å². The first-order valence-corrected chi connectivity index (χ1v) is 10.4. The Bertz CT molecular complexity index is 631. The number of carbonyl (C=O) groups excluding carboxylic acids is 1. The fourth-order valence-corrected chi connectivity index (χ4v) is 9.53. The number of fused-ring (bicyclic) bond motifs is 1. The van der Waals surface area contributed by atoms with Gasteiger partial charge in [0.25, 0.3) is 0 Å². The Morgan fingerprint density at radius 3 is 2.30 bits per heavy atom. The van der Waals surface area contributed by atoms with Gasteiger partial charge in [0, 0.05) is 15.9 Å². The highest BCUT2D eigenvalue weighted by Gasteiger charge is 2.83. The number of methoxy groups -OCH3 is 1. The van der Waals surface area contributed by atoms with Gasteiger partial charge in [0.15, 0.2) is 0 Å². The van der Waals surface area contributed by atoms with Gasteiger partial charge in [0.05, 0.1) is 16.3 Å². The van der Waals surface area contributed by atoms with Crippen LogP contribution < -0.4 is 10.1 Å². The van der Waals surface area contributed by atoms with E-state index < -0.39 is 0 Å². The minimum Gasteiger partial charge on any atom is -0.497 e. The number of alkyl halides is 3.